The number of benzene rings is 3. The van der Waals surface area contributed by atoms with Crippen LogP contribution in [0.3, 0.4) is 0 Å². The fraction of sp³-hybridized carbons (Fsp3) is 0.111. The Morgan fingerprint density at radius 2 is 1.60 bits per heavy atom. The fourth-order valence-electron chi connectivity index (χ4n) is 3.49. The Morgan fingerprint density at radius 1 is 0.971 bits per heavy atom. The van der Waals surface area contributed by atoms with E-state index in [-0.39, 0.29) is 10.7 Å². The van der Waals surface area contributed by atoms with E-state index in [1.807, 2.05) is 24.3 Å². The van der Waals surface area contributed by atoms with Gasteiger partial charge in [-0.25, -0.2) is 17.8 Å². The molecule has 0 aliphatic carbocycles. The fourth-order valence-corrected chi connectivity index (χ4v) is 5.03. The summed E-state index contributed by atoms with van der Waals surface area (Å²) in [6.07, 6.45) is 1.15. The van der Waals surface area contributed by atoms with Crippen molar-refractivity contribution in [2.24, 2.45) is 0 Å². The molecule has 0 radical (unpaired) electrons. The summed E-state index contributed by atoms with van der Waals surface area (Å²) >= 11 is 1.43. The van der Waals surface area contributed by atoms with Crippen LogP contribution in [0.25, 0.3) is 22.4 Å². The van der Waals surface area contributed by atoms with Crippen molar-refractivity contribution >= 4 is 21.6 Å². The normalized spacial score (nSPS) is 11.1. The van der Waals surface area contributed by atoms with Crippen molar-refractivity contribution in [3.05, 3.63) is 95.8 Å². The predicted octanol–water partition coefficient (Wildman–Crippen LogP) is 6.13. The molecule has 1 heterocycles. The largest absolute Gasteiger partial charge is 0.497 e. The molecule has 8 heteroatoms. The minimum atomic E-state index is -3.35. The molecule has 4 aromatic rings. The molecule has 3 aromatic carbocycles. The second-order valence-corrected chi connectivity index (χ2v) is 10.8. The first-order valence-electron chi connectivity index (χ1n) is 10.6. The van der Waals surface area contributed by atoms with Crippen LogP contribution in [0.5, 0.6) is 5.75 Å². The number of nitrogens with zero attached hydrogens (tertiary/aromatic N) is 2. The van der Waals surface area contributed by atoms with Gasteiger partial charge in [-0.3, -0.25) is 0 Å². The highest BCUT2D eigenvalue weighted by molar-refractivity contribution is 7.98. The van der Waals surface area contributed by atoms with Crippen molar-refractivity contribution in [3.63, 3.8) is 0 Å². The van der Waals surface area contributed by atoms with Gasteiger partial charge in [-0.05, 0) is 65.7 Å². The lowest BCUT2D eigenvalue weighted by atomic mass is 9.98. The first-order chi connectivity index (χ1) is 16.8. The van der Waals surface area contributed by atoms with Crippen LogP contribution in [-0.4, -0.2) is 26.8 Å². The topological polar surface area (TPSA) is 80.0 Å². The van der Waals surface area contributed by atoms with Gasteiger partial charge in [-0.2, -0.15) is 5.26 Å². The average Bonchev–Trinajstić information content (AvgIpc) is 2.87. The van der Waals surface area contributed by atoms with Gasteiger partial charge >= 0.3 is 0 Å². The molecule has 0 spiro atoms. The van der Waals surface area contributed by atoms with E-state index in [0.717, 1.165) is 17.6 Å². The SMILES string of the molecule is COc1ccc(CSc2nc(-c3ccc(F)cc3)c(-c3ccc(S(C)(=O)=O)cc3)cc2C#N)cc1. The van der Waals surface area contributed by atoms with Crippen LogP contribution in [0.1, 0.15) is 11.1 Å². The van der Waals surface area contributed by atoms with Crippen LogP contribution in [0.4, 0.5) is 4.39 Å². The van der Waals surface area contributed by atoms with E-state index in [1.165, 1.54) is 36.0 Å². The second-order valence-electron chi connectivity index (χ2n) is 7.79. The van der Waals surface area contributed by atoms with Crippen LogP contribution >= 0.6 is 11.8 Å². The van der Waals surface area contributed by atoms with Crippen molar-refractivity contribution in [1.82, 2.24) is 4.98 Å². The molecule has 0 amide bonds. The highest BCUT2D eigenvalue weighted by atomic mass is 32.2. The number of hydrogen-bond acceptors (Lipinski definition) is 6. The summed E-state index contributed by atoms with van der Waals surface area (Å²) < 4.78 is 42.5. The third-order valence-electron chi connectivity index (χ3n) is 5.35. The van der Waals surface area contributed by atoms with Crippen molar-refractivity contribution < 1.29 is 17.5 Å². The zero-order valence-electron chi connectivity index (χ0n) is 19.0. The molecule has 5 nitrogen and oxygen atoms in total. The summed E-state index contributed by atoms with van der Waals surface area (Å²) in [6, 6.07) is 24.0. The number of thioether (sulfide) groups is 1. The predicted molar refractivity (Wildman–Crippen MR) is 135 cm³/mol. The Kier molecular flexibility index (Phi) is 7.20. The van der Waals surface area contributed by atoms with Gasteiger partial charge in [-0.15, -0.1) is 11.8 Å². The van der Waals surface area contributed by atoms with Gasteiger partial charge in [0.15, 0.2) is 9.84 Å². The Labute approximate surface area is 208 Å². The molecule has 1 aromatic heterocycles. The number of nitriles is 1. The molecule has 0 N–H and O–H groups in total. The molecule has 35 heavy (non-hydrogen) atoms. The summed E-state index contributed by atoms with van der Waals surface area (Å²) in [4.78, 5) is 5.01. The lowest BCUT2D eigenvalue weighted by molar-refractivity contribution is 0.414. The number of rotatable bonds is 7. The lowest BCUT2D eigenvalue weighted by Crippen LogP contribution is -1.98. The first-order valence-corrected chi connectivity index (χ1v) is 13.4. The van der Waals surface area contributed by atoms with E-state index >= 15 is 0 Å². The number of aromatic nitrogens is 1. The Bertz CT molecular complexity index is 1490. The summed E-state index contributed by atoms with van der Waals surface area (Å²) in [5.74, 6) is 0.992. The Morgan fingerprint density at radius 3 is 2.17 bits per heavy atom. The Balaban J connectivity index is 1.78. The molecule has 0 aliphatic heterocycles. The third kappa shape index (κ3) is 5.70. The van der Waals surface area contributed by atoms with E-state index in [2.05, 4.69) is 6.07 Å². The maximum atomic E-state index is 13.6. The van der Waals surface area contributed by atoms with Crippen LogP contribution < -0.4 is 4.74 Å². The van der Waals surface area contributed by atoms with E-state index in [4.69, 9.17) is 9.72 Å². The number of pyridine rings is 1. The van der Waals surface area contributed by atoms with Gasteiger partial charge in [-0.1, -0.05) is 24.3 Å². The number of ether oxygens (including phenoxy) is 1. The maximum Gasteiger partial charge on any atom is 0.175 e. The molecular formula is C27H21FN2O3S2. The number of halogens is 1. The van der Waals surface area contributed by atoms with E-state index < -0.39 is 9.84 Å². The molecule has 0 atom stereocenters. The van der Waals surface area contributed by atoms with Crippen molar-refractivity contribution in [3.8, 4) is 34.2 Å². The summed E-state index contributed by atoms with van der Waals surface area (Å²) in [5.41, 5.74) is 4.06. The summed E-state index contributed by atoms with van der Waals surface area (Å²) in [7, 11) is -1.74. The van der Waals surface area contributed by atoms with Gasteiger partial charge in [0.1, 0.15) is 22.7 Å². The Hall–Kier alpha value is -3.67. The highest BCUT2D eigenvalue weighted by Crippen LogP contribution is 2.36. The van der Waals surface area contributed by atoms with Crippen molar-refractivity contribution in [2.75, 3.05) is 13.4 Å². The second kappa shape index (κ2) is 10.3. The number of methoxy groups -OCH3 is 1. The minimum absolute atomic E-state index is 0.199. The van der Waals surface area contributed by atoms with Gasteiger partial charge in [0.25, 0.3) is 0 Å². The molecule has 4 rings (SSSR count). The van der Waals surface area contributed by atoms with E-state index in [9.17, 15) is 18.1 Å². The molecule has 176 valence electrons. The molecule has 0 unspecified atom stereocenters. The zero-order chi connectivity index (χ0) is 25.0. The van der Waals surface area contributed by atoms with Gasteiger partial charge in [0, 0.05) is 23.1 Å². The average molecular weight is 505 g/mol. The molecule has 0 bridgehead atoms. The number of hydrogen-bond donors (Lipinski definition) is 0. The summed E-state index contributed by atoms with van der Waals surface area (Å²) in [5, 5.41) is 10.4. The van der Waals surface area contributed by atoms with Crippen LogP contribution in [0.2, 0.25) is 0 Å². The highest BCUT2D eigenvalue weighted by Gasteiger charge is 2.17. The smallest absolute Gasteiger partial charge is 0.175 e. The van der Waals surface area contributed by atoms with E-state index in [0.29, 0.717) is 38.7 Å². The van der Waals surface area contributed by atoms with Crippen LogP contribution in [-0.2, 0) is 15.6 Å². The molecule has 0 saturated heterocycles. The summed E-state index contributed by atoms with van der Waals surface area (Å²) in [6.45, 7) is 0. The quantitative estimate of drug-likeness (QED) is 0.282. The maximum absolute atomic E-state index is 13.6. The van der Waals surface area contributed by atoms with Crippen LogP contribution in [0, 0.1) is 17.1 Å². The molecule has 0 aliphatic rings. The molecule has 0 saturated carbocycles. The first kappa shape index (κ1) is 24.5. The third-order valence-corrected chi connectivity index (χ3v) is 7.54. The monoisotopic (exact) mass is 504 g/mol. The van der Waals surface area contributed by atoms with E-state index in [1.54, 1.807) is 37.4 Å². The lowest BCUT2D eigenvalue weighted by Gasteiger charge is -2.14. The van der Waals surface area contributed by atoms with Gasteiger partial charge in [0.2, 0.25) is 0 Å². The zero-order valence-corrected chi connectivity index (χ0v) is 20.7. The van der Waals surface area contributed by atoms with Gasteiger partial charge in [0.05, 0.1) is 23.3 Å². The van der Waals surface area contributed by atoms with Crippen LogP contribution in [0.15, 0.2) is 88.8 Å². The van der Waals surface area contributed by atoms with Crippen molar-refractivity contribution in [2.45, 2.75) is 15.7 Å². The van der Waals surface area contributed by atoms with Gasteiger partial charge < -0.3 is 4.74 Å². The van der Waals surface area contributed by atoms with Crippen molar-refractivity contribution in [1.29, 1.82) is 5.26 Å². The molecule has 0 fully saturated rings. The standard InChI is InChI=1S/C27H21FN2O3S2/c1-33-23-11-3-18(4-12-23)17-34-27-21(16-29)15-25(19-7-13-24(14-8-19)35(2,31)32)26(30-27)20-5-9-22(28)10-6-20/h3-15H,17H2,1-2H3. The number of sulfone groups is 1. The molecular weight excluding hydrogens is 483 g/mol. The minimum Gasteiger partial charge on any atom is -0.497 e.